The molecule has 0 bridgehead atoms. The molecule has 0 atom stereocenters. The molecule has 1 saturated heterocycles. The molecule has 1 aliphatic heterocycles. The summed E-state index contributed by atoms with van der Waals surface area (Å²) in [6.07, 6.45) is 0.883. The molecule has 0 aliphatic carbocycles. The maximum absolute atomic E-state index is 5.46. The Balaban J connectivity index is 0.00000320. The molecule has 2 aromatic rings. The zero-order valence-corrected chi connectivity index (χ0v) is 21.3. The lowest BCUT2D eigenvalue weighted by molar-refractivity contribution is 0.409. The number of rotatable bonds is 7. The molecule has 0 saturated carbocycles. The van der Waals surface area contributed by atoms with Gasteiger partial charge in [0, 0.05) is 50.4 Å². The SMILES string of the molecule is CN=C(NCCc1cc(C)ccc1OC)NCc1ccc(N2CCSCC2)cc1.I. The molecule has 164 valence electrons. The fourth-order valence-corrected chi connectivity index (χ4v) is 4.37. The van der Waals surface area contributed by atoms with Crippen molar-refractivity contribution < 1.29 is 4.74 Å². The number of thioether (sulfide) groups is 1. The van der Waals surface area contributed by atoms with Crippen molar-refractivity contribution in [1.82, 2.24) is 10.6 Å². The van der Waals surface area contributed by atoms with E-state index in [-0.39, 0.29) is 24.0 Å². The number of hydrogen-bond donors (Lipinski definition) is 2. The van der Waals surface area contributed by atoms with Crippen LogP contribution in [0, 0.1) is 6.92 Å². The average Bonchev–Trinajstić information content (AvgIpc) is 2.77. The van der Waals surface area contributed by atoms with Gasteiger partial charge < -0.3 is 20.3 Å². The highest BCUT2D eigenvalue weighted by Gasteiger charge is 2.11. The second kappa shape index (κ2) is 12.9. The molecule has 2 aromatic carbocycles. The number of halogens is 1. The summed E-state index contributed by atoms with van der Waals surface area (Å²) in [5.41, 5.74) is 5.03. The minimum atomic E-state index is 0. The zero-order chi connectivity index (χ0) is 20.5. The molecular formula is C23H33IN4OS. The van der Waals surface area contributed by atoms with Gasteiger partial charge in [-0.1, -0.05) is 29.8 Å². The van der Waals surface area contributed by atoms with Gasteiger partial charge in [-0.15, -0.1) is 24.0 Å². The number of ether oxygens (including phenoxy) is 1. The lowest BCUT2D eigenvalue weighted by Crippen LogP contribution is -2.37. The van der Waals surface area contributed by atoms with Gasteiger partial charge in [-0.05, 0) is 42.7 Å². The van der Waals surface area contributed by atoms with Gasteiger partial charge in [-0.3, -0.25) is 4.99 Å². The molecule has 0 amide bonds. The number of aryl methyl sites for hydroxylation is 1. The molecule has 0 radical (unpaired) electrons. The summed E-state index contributed by atoms with van der Waals surface area (Å²) in [6, 6.07) is 15.2. The fraction of sp³-hybridized carbons (Fsp3) is 0.435. The van der Waals surface area contributed by atoms with Gasteiger partial charge >= 0.3 is 0 Å². The molecule has 1 aliphatic rings. The van der Waals surface area contributed by atoms with E-state index in [1.54, 1.807) is 14.2 Å². The molecule has 0 aromatic heterocycles. The van der Waals surface area contributed by atoms with Gasteiger partial charge in [0.1, 0.15) is 5.75 Å². The van der Waals surface area contributed by atoms with Crippen LogP contribution in [0.1, 0.15) is 16.7 Å². The fourth-order valence-electron chi connectivity index (χ4n) is 3.47. The highest BCUT2D eigenvalue weighted by atomic mass is 127. The van der Waals surface area contributed by atoms with Crippen LogP contribution in [-0.4, -0.2) is 51.3 Å². The largest absolute Gasteiger partial charge is 0.496 e. The van der Waals surface area contributed by atoms with E-state index >= 15 is 0 Å². The van der Waals surface area contributed by atoms with Crippen molar-refractivity contribution in [2.75, 3.05) is 50.2 Å². The third-order valence-corrected chi connectivity index (χ3v) is 6.06. The van der Waals surface area contributed by atoms with Gasteiger partial charge in [0.05, 0.1) is 7.11 Å². The van der Waals surface area contributed by atoms with Crippen LogP contribution in [0.15, 0.2) is 47.5 Å². The zero-order valence-electron chi connectivity index (χ0n) is 18.1. The Hall–Kier alpha value is -1.61. The highest BCUT2D eigenvalue weighted by Crippen LogP contribution is 2.20. The van der Waals surface area contributed by atoms with Crippen LogP contribution in [0.25, 0.3) is 0 Å². The third-order valence-electron chi connectivity index (χ3n) is 5.12. The van der Waals surface area contributed by atoms with E-state index in [9.17, 15) is 0 Å². The van der Waals surface area contributed by atoms with Crippen molar-refractivity contribution >= 4 is 47.4 Å². The number of methoxy groups -OCH3 is 1. The summed E-state index contributed by atoms with van der Waals surface area (Å²) in [7, 11) is 3.53. The van der Waals surface area contributed by atoms with Gasteiger partial charge in [0.15, 0.2) is 5.96 Å². The molecule has 2 N–H and O–H groups in total. The lowest BCUT2D eigenvalue weighted by Gasteiger charge is -2.28. The van der Waals surface area contributed by atoms with Crippen LogP contribution in [0.2, 0.25) is 0 Å². The number of aliphatic imine (C=N–C) groups is 1. The number of hydrogen-bond acceptors (Lipinski definition) is 4. The van der Waals surface area contributed by atoms with Crippen molar-refractivity contribution in [3.63, 3.8) is 0 Å². The maximum Gasteiger partial charge on any atom is 0.191 e. The Morgan fingerprint density at radius 1 is 1.10 bits per heavy atom. The van der Waals surface area contributed by atoms with Crippen molar-refractivity contribution in [3.8, 4) is 5.75 Å². The lowest BCUT2D eigenvalue weighted by atomic mass is 10.1. The molecule has 5 nitrogen and oxygen atoms in total. The Bertz CT molecular complexity index is 807. The van der Waals surface area contributed by atoms with E-state index in [1.807, 2.05) is 17.8 Å². The minimum absolute atomic E-state index is 0. The van der Waals surface area contributed by atoms with Crippen molar-refractivity contribution in [2.45, 2.75) is 19.9 Å². The second-order valence-electron chi connectivity index (χ2n) is 7.18. The summed E-state index contributed by atoms with van der Waals surface area (Å²) < 4.78 is 5.46. The minimum Gasteiger partial charge on any atom is -0.496 e. The van der Waals surface area contributed by atoms with E-state index < -0.39 is 0 Å². The summed E-state index contributed by atoms with van der Waals surface area (Å²) >= 11 is 2.04. The van der Waals surface area contributed by atoms with E-state index in [0.717, 1.165) is 44.3 Å². The maximum atomic E-state index is 5.46. The van der Waals surface area contributed by atoms with Gasteiger partial charge in [0.2, 0.25) is 0 Å². The van der Waals surface area contributed by atoms with Crippen LogP contribution in [0.3, 0.4) is 0 Å². The van der Waals surface area contributed by atoms with Gasteiger partial charge in [0.25, 0.3) is 0 Å². The number of nitrogens with zero attached hydrogens (tertiary/aromatic N) is 2. The first-order valence-electron chi connectivity index (χ1n) is 10.2. The summed E-state index contributed by atoms with van der Waals surface area (Å²) in [5.74, 6) is 4.20. The first kappa shape index (κ1) is 24.7. The van der Waals surface area contributed by atoms with Gasteiger partial charge in [-0.2, -0.15) is 11.8 Å². The molecule has 0 spiro atoms. The monoisotopic (exact) mass is 540 g/mol. The Kier molecular flexibility index (Phi) is 10.6. The van der Waals surface area contributed by atoms with E-state index in [1.165, 1.54) is 33.9 Å². The van der Waals surface area contributed by atoms with E-state index in [2.05, 4.69) is 63.8 Å². The van der Waals surface area contributed by atoms with E-state index in [4.69, 9.17) is 4.74 Å². The molecule has 3 rings (SSSR count). The molecule has 7 heteroatoms. The van der Waals surface area contributed by atoms with Crippen LogP contribution in [0.5, 0.6) is 5.75 Å². The number of nitrogens with one attached hydrogen (secondary N) is 2. The number of guanidine groups is 1. The quantitative estimate of drug-likeness (QED) is 0.315. The molecular weight excluding hydrogens is 507 g/mol. The summed E-state index contributed by atoms with van der Waals surface area (Å²) in [4.78, 5) is 6.80. The standard InChI is InChI=1S/C23H32N4OS.HI/c1-18-4-9-22(28-3)20(16-18)10-11-25-23(24-2)26-17-19-5-7-21(8-6-19)27-12-14-29-15-13-27;/h4-9,16H,10-15,17H2,1-3H3,(H2,24,25,26);1H. The van der Waals surface area contributed by atoms with E-state index in [0.29, 0.717) is 0 Å². The predicted molar refractivity (Wildman–Crippen MR) is 141 cm³/mol. The first-order valence-corrected chi connectivity index (χ1v) is 11.3. The Labute approximate surface area is 202 Å². The third kappa shape index (κ3) is 7.27. The van der Waals surface area contributed by atoms with Crippen LogP contribution < -0.4 is 20.3 Å². The normalized spacial score (nSPS) is 14.1. The summed E-state index contributed by atoms with van der Waals surface area (Å²) in [6.45, 7) is 5.94. The average molecular weight is 541 g/mol. The van der Waals surface area contributed by atoms with Crippen LogP contribution in [-0.2, 0) is 13.0 Å². The highest BCUT2D eigenvalue weighted by molar-refractivity contribution is 14.0. The predicted octanol–water partition coefficient (Wildman–Crippen LogP) is 4.08. The summed E-state index contributed by atoms with van der Waals surface area (Å²) in [5, 5.41) is 6.80. The number of anilines is 1. The van der Waals surface area contributed by atoms with Crippen molar-refractivity contribution in [2.24, 2.45) is 4.99 Å². The van der Waals surface area contributed by atoms with Crippen molar-refractivity contribution in [3.05, 3.63) is 59.2 Å². The molecule has 1 fully saturated rings. The molecule has 30 heavy (non-hydrogen) atoms. The number of benzene rings is 2. The Morgan fingerprint density at radius 3 is 2.50 bits per heavy atom. The van der Waals surface area contributed by atoms with Gasteiger partial charge in [-0.25, -0.2) is 0 Å². The molecule has 1 heterocycles. The Morgan fingerprint density at radius 2 is 1.83 bits per heavy atom. The topological polar surface area (TPSA) is 48.9 Å². The van der Waals surface area contributed by atoms with Crippen molar-refractivity contribution in [1.29, 1.82) is 0 Å². The second-order valence-corrected chi connectivity index (χ2v) is 8.41. The molecule has 0 unspecified atom stereocenters. The first-order chi connectivity index (χ1) is 14.2. The van der Waals surface area contributed by atoms with Crippen LogP contribution >= 0.6 is 35.7 Å². The van der Waals surface area contributed by atoms with Crippen LogP contribution in [0.4, 0.5) is 5.69 Å². The smallest absolute Gasteiger partial charge is 0.191 e.